The second-order valence-corrected chi connectivity index (χ2v) is 3.41. The Kier molecular flexibility index (Phi) is 3.80. The van der Waals surface area contributed by atoms with Gasteiger partial charge in [0.15, 0.2) is 0 Å². The summed E-state index contributed by atoms with van der Waals surface area (Å²) in [5.41, 5.74) is 3.24. The number of hydrogen-bond acceptors (Lipinski definition) is 2. The molecule has 14 heavy (non-hydrogen) atoms. The number of hydrazine groups is 1. The molecule has 0 aliphatic carbocycles. The van der Waals surface area contributed by atoms with E-state index in [2.05, 4.69) is 5.43 Å². The number of benzene rings is 1. The molecule has 0 heterocycles. The summed E-state index contributed by atoms with van der Waals surface area (Å²) in [7, 11) is 0. The van der Waals surface area contributed by atoms with Gasteiger partial charge < -0.3 is 0 Å². The SMILES string of the molecule is Cc1ccc(Cl)c(C(NN)C(F)F)c1. The molecule has 5 heteroatoms. The molecule has 1 atom stereocenters. The van der Waals surface area contributed by atoms with Gasteiger partial charge in [-0.1, -0.05) is 29.3 Å². The van der Waals surface area contributed by atoms with Gasteiger partial charge in [-0.25, -0.2) is 14.2 Å². The molecule has 0 aliphatic heterocycles. The molecular weight excluding hydrogens is 210 g/mol. The van der Waals surface area contributed by atoms with Crippen LogP contribution in [0.15, 0.2) is 18.2 Å². The van der Waals surface area contributed by atoms with E-state index in [1.54, 1.807) is 25.1 Å². The van der Waals surface area contributed by atoms with Gasteiger partial charge in [-0.15, -0.1) is 0 Å². The lowest BCUT2D eigenvalue weighted by Gasteiger charge is -2.16. The topological polar surface area (TPSA) is 38.0 Å². The molecule has 1 aromatic carbocycles. The van der Waals surface area contributed by atoms with E-state index in [-0.39, 0.29) is 0 Å². The Bertz CT molecular complexity index is 318. The second-order valence-electron chi connectivity index (χ2n) is 3.00. The van der Waals surface area contributed by atoms with E-state index in [9.17, 15) is 8.78 Å². The molecule has 1 rings (SSSR count). The van der Waals surface area contributed by atoms with Gasteiger partial charge in [0, 0.05) is 5.02 Å². The first-order chi connectivity index (χ1) is 6.56. The number of halogens is 3. The maximum atomic E-state index is 12.5. The Morgan fingerprint density at radius 2 is 2.07 bits per heavy atom. The van der Waals surface area contributed by atoms with E-state index in [4.69, 9.17) is 17.4 Å². The molecule has 0 saturated carbocycles. The molecule has 0 amide bonds. The first-order valence-electron chi connectivity index (χ1n) is 4.06. The molecule has 2 nitrogen and oxygen atoms in total. The largest absolute Gasteiger partial charge is 0.271 e. The first kappa shape index (κ1) is 11.4. The Balaban J connectivity index is 3.08. The molecule has 0 radical (unpaired) electrons. The molecular formula is C9H11ClF2N2. The zero-order valence-electron chi connectivity index (χ0n) is 7.60. The van der Waals surface area contributed by atoms with Gasteiger partial charge in [0.2, 0.25) is 0 Å². The number of alkyl halides is 2. The van der Waals surface area contributed by atoms with E-state index >= 15 is 0 Å². The second kappa shape index (κ2) is 4.68. The summed E-state index contributed by atoms with van der Waals surface area (Å²) in [5.74, 6) is 5.04. The monoisotopic (exact) mass is 220 g/mol. The third-order valence-electron chi connectivity index (χ3n) is 1.92. The molecule has 0 saturated heterocycles. The predicted octanol–water partition coefficient (Wildman–Crippen LogP) is 2.42. The molecule has 0 spiro atoms. The van der Waals surface area contributed by atoms with Crippen LogP contribution in [0.5, 0.6) is 0 Å². The highest BCUT2D eigenvalue weighted by Crippen LogP contribution is 2.27. The van der Waals surface area contributed by atoms with Crippen molar-refractivity contribution < 1.29 is 8.78 Å². The van der Waals surface area contributed by atoms with Crippen molar-refractivity contribution in [2.75, 3.05) is 0 Å². The summed E-state index contributed by atoms with van der Waals surface area (Å²) in [4.78, 5) is 0. The Morgan fingerprint density at radius 1 is 1.43 bits per heavy atom. The fraction of sp³-hybridized carbons (Fsp3) is 0.333. The zero-order chi connectivity index (χ0) is 10.7. The molecule has 1 aromatic rings. The average molecular weight is 221 g/mol. The number of aryl methyl sites for hydroxylation is 1. The summed E-state index contributed by atoms with van der Waals surface area (Å²) < 4.78 is 25.0. The van der Waals surface area contributed by atoms with Crippen LogP contribution >= 0.6 is 11.6 Å². The van der Waals surface area contributed by atoms with Crippen molar-refractivity contribution in [1.29, 1.82) is 0 Å². The summed E-state index contributed by atoms with van der Waals surface area (Å²) in [6, 6.07) is 3.71. The van der Waals surface area contributed by atoms with Gasteiger partial charge in [0.1, 0.15) is 6.04 Å². The minimum Gasteiger partial charge on any atom is -0.271 e. The number of nitrogens with two attached hydrogens (primary N) is 1. The van der Waals surface area contributed by atoms with Crippen molar-refractivity contribution in [3.05, 3.63) is 34.3 Å². The fourth-order valence-electron chi connectivity index (χ4n) is 1.20. The van der Waals surface area contributed by atoms with Crippen molar-refractivity contribution in [2.24, 2.45) is 5.84 Å². The number of rotatable bonds is 3. The van der Waals surface area contributed by atoms with E-state index in [0.717, 1.165) is 5.56 Å². The van der Waals surface area contributed by atoms with Crippen LogP contribution in [-0.4, -0.2) is 6.43 Å². The van der Waals surface area contributed by atoms with Crippen LogP contribution in [0.4, 0.5) is 8.78 Å². The van der Waals surface area contributed by atoms with Gasteiger partial charge in [0.05, 0.1) is 0 Å². The van der Waals surface area contributed by atoms with Crippen LogP contribution in [0.1, 0.15) is 17.2 Å². The fourth-order valence-corrected chi connectivity index (χ4v) is 1.43. The van der Waals surface area contributed by atoms with E-state index < -0.39 is 12.5 Å². The molecule has 78 valence electrons. The third-order valence-corrected chi connectivity index (χ3v) is 2.26. The van der Waals surface area contributed by atoms with Gasteiger partial charge in [-0.3, -0.25) is 5.84 Å². The molecule has 3 N–H and O–H groups in total. The summed E-state index contributed by atoms with van der Waals surface area (Å²) >= 11 is 5.78. The van der Waals surface area contributed by atoms with Crippen LogP contribution in [0.3, 0.4) is 0 Å². The molecule has 0 aliphatic rings. The van der Waals surface area contributed by atoms with E-state index in [1.165, 1.54) is 0 Å². The quantitative estimate of drug-likeness (QED) is 0.607. The third kappa shape index (κ3) is 2.41. The average Bonchev–Trinajstić information content (AvgIpc) is 2.11. The number of nitrogens with one attached hydrogen (secondary N) is 1. The van der Waals surface area contributed by atoms with Crippen LogP contribution < -0.4 is 11.3 Å². The Labute approximate surface area is 86.0 Å². The smallest absolute Gasteiger partial charge is 0.259 e. The van der Waals surface area contributed by atoms with Crippen molar-refractivity contribution in [1.82, 2.24) is 5.43 Å². The van der Waals surface area contributed by atoms with Crippen molar-refractivity contribution >= 4 is 11.6 Å². The van der Waals surface area contributed by atoms with Gasteiger partial charge in [-0.2, -0.15) is 0 Å². The zero-order valence-corrected chi connectivity index (χ0v) is 8.35. The molecule has 0 fully saturated rings. The van der Waals surface area contributed by atoms with Crippen LogP contribution in [0.25, 0.3) is 0 Å². The highest BCUT2D eigenvalue weighted by atomic mass is 35.5. The Morgan fingerprint density at radius 3 is 2.57 bits per heavy atom. The first-order valence-corrected chi connectivity index (χ1v) is 4.44. The minimum atomic E-state index is -2.58. The lowest BCUT2D eigenvalue weighted by Crippen LogP contribution is -2.33. The van der Waals surface area contributed by atoms with E-state index in [1.807, 2.05) is 0 Å². The van der Waals surface area contributed by atoms with Crippen LogP contribution in [-0.2, 0) is 0 Å². The maximum Gasteiger partial charge on any atom is 0.259 e. The lowest BCUT2D eigenvalue weighted by atomic mass is 10.1. The summed E-state index contributed by atoms with van der Waals surface area (Å²) in [6.45, 7) is 1.80. The maximum absolute atomic E-state index is 12.5. The van der Waals surface area contributed by atoms with Gasteiger partial charge in [-0.05, 0) is 18.6 Å². The predicted molar refractivity (Wildman–Crippen MR) is 52.3 cm³/mol. The van der Waals surface area contributed by atoms with Crippen LogP contribution in [0, 0.1) is 6.92 Å². The highest BCUT2D eigenvalue weighted by molar-refractivity contribution is 6.31. The van der Waals surface area contributed by atoms with Crippen molar-refractivity contribution in [3.8, 4) is 0 Å². The molecule has 0 bridgehead atoms. The standard InChI is InChI=1S/C9H11ClF2N2/c1-5-2-3-7(10)6(4-5)8(14-13)9(11)12/h2-4,8-9,14H,13H2,1H3. The van der Waals surface area contributed by atoms with E-state index in [0.29, 0.717) is 10.6 Å². The summed E-state index contributed by atoms with van der Waals surface area (Å²) in [5, 5.41) is 0.291. The van der Waals surface area contributed by atoms with Gasteiger partial charge >= 0.3 is 0 Å². The minimum absolute atomic E-state index is 0.291. The normalized spacial score (nSPS) is 13.3. The molecule has 0 aromatic heterocycles. The number of hydrogen-bond donors (Lipinski definition) is 2. The molecule has 1 unspecified atom stereocenters. The van der Waals surface area contributed by atoms with Crippen LogP contribution in [0.2, 0.25) is 5.02 Å². The van der Waals surface area contributed by atoms with Crippen molar-refractivity contribution in [3.63, 3.8) is 0 Å². The van der Waals surface area contributed by atoms with Gasteiger partial charge in [0.25, 0.3) is 6.43 Å². The lowest BCUT2D eigenvalue weighted by molar-refractivity contribution is 0.0986. The highest BCUT2D eigenvalue weighted by Gasteiger charge is 2.23. The van der Waals surface area contributed by atoms with Crippen molar-refractivity contribution in [2.45, 2.75) is 19.4 Å². The summed E-state index contributed by atoms with van der Waals surface area (Å²) in [6.07, 6.45) is -2.58. The Hall–Kier alpha value is -0.710.